The summed E-state index contributed by atoms with van der Waals surface area (Å²) in [4.78, 5) is 12.3. The summed E-state index contributed by atoms with van der Waals surface area (Å²) in [5, 5.41) is 5.37. The maximum Gasteiger partial charge on any atom is 0.200 e. The van der Waals surface area contributed by atoms with Crippen LogP contribution in [0.3, 0.4) is 0 Å². The Morgan fingerprint density at radius 2 is 1.75 bits per heavy atom. The summed E-state index contributed by atoms with van der Waals surface area (Å²) in [5.41, 5.74) is 0.190. The first-order valence-corrected chi connectivity index (χ1v) is 6.54. The molecule has 0 unspecified atom stereocenters. The van der Waals surface area contributed by atoms with Crippen molar-refractivity contribution in [1.29, 1.82) is 0 Å². The third-order valence-electron chi connectivity index (χ3n) is 2.72. The molecule has 0 saturated heterocycles. The van der Waals surface area contributed by atoms with E-state index in [0.29, 0.717) is 10.0 Å². The van der Waals surface area contributed by atoms with Gasteiger partial charge in [-0.3, -0.25) is 4.79 Å². The molecule has 1 aromatic carbocycles. The van der Waals surface area contributed by atoms with Crippen LogP contribution in [0.25, 0.3) is 0 Å². The predicted molar refractivity (Wildman–Crippen MR) is 75.0 cm³/mol. The topological polar surface area (TPSA) is 48.6 Å². The number of benzene rings is 1. The molecule has 0 saturated carbocycles. The van der Waals surface area contributed by atoms with Gasteiger partial charge in [-0.2, -0.15) is 0 Å². The van der Waals surface area contributed by atoms with E-state index in [1.807, 2.05) is 0 Å². The number of H-pyrrole nitrogens is 2. The van der Waals surface area contributed by atoms with Crippen molar-refractivity contribution in [2.24, 2.45) is 0 Å². The van der Waals surface area contributed by atoms with E-state index >= 15 is 0 Å². The van der Waals surface area contributed by atoms with E-state index in [1.54, 1.807) is 19.2 Å². The van der Waals surface area contributed by atoms with Crippen molar-refractivity contribution in [2.75, 3.05) is 0 Å². The lowest BCUT2D eigenvalue weighted by Gasteiger charge is -2.06. The fourth-order valence-corrected chi connectivity index (χ4v) is 2.22. The molecular formula is C14H11BrF2N2O. The molecule has 0 spiro atoms. The van der Waals surface area contributed by atoms with Gasteiger partial charge in [-0.15, -0.1) is 0 Å². The maximum atomic E-state index is 13.7. The quantitative estimate of drug-likeness (QED) is 0.796. The highest BCUT2D eigenvalue weighted by Crippen LogP contribution is 2.19. The summed E-state index contributed by atoms with van der Waals surface area (Å²) < 4.78 is 28.0. The molecule has 0 fully saturated rings. The highest BCUT2D eigenvalue weighted by atomic mass is 79.9. The fourth-order valence-electron chi connectivity index (χ4n) is 1.76. The van der Waals surface area contributed by atoms with Crippen molar-refractivity contribution in [2.45, 2.75) is 6.92 Å². The van der Waals surface area contributed by atoms with E-state index in [0.717, 1.165) is 12.1 Å². The third kappa shape index (κ3) is 2.96. The Bertz CT molecular complexity index is 685. The molecule has 0 amide bonds. The predicted octanol–water partition coefficient (Wildman–Crippen LogP) is 4.05. The van der Waals surface area contributed by atoms with Crippen LogP contribution < -0.4 is 0 Å². The van der Waals surface area contributed by atoms with E-state index in [1.165, 1.54) is 12.3 Å². The van der Waals surface area contributed by atoms with Gasteiger partial charge < -0.3 is 10.2 Å². The normalized spacial score (nSPS) is 10.2. The average Bonchev–Trinajstić information content (AvgIpc) is 2.36. The first-order valence-electron chi connectivity index (χ1n) is 5.75. The van der Waals surface area contributed by atoms with Crippen molar-refractivity contribution in [3.8, 4) is 0 Å². The molecule has 3 nitrogen and oxygen atoms in total. The van der Waals surface area contributed by atoms with Gasteiger partial charge in [0.05, 0.1) is 5.56 Å². The molecule has 1 aromatic heterocycles. The van der Waals surface area contributed by atoms with Crippen LogP contribution in [0.2, 0.25) is 0 Å². The Morgan fingerprint density at radius 1 is 1.15 bits per heavy atom. The second-order valence-electron chi connectivity index (χ2n) is 4.13. The number of aryl methyl sites for hydroxylation is 1. The number of nitrogens with one attached hydrogen (secondary N) is 2. The van der Waals surface area contributed by atoms with E-state index in [2.05, 4.69) is 26.1 Å². The summed E-state index contributed by atoms with van der Waals surface area (Å²) in [6.07, 6.45) is 3.00. The first kappa shape index (κ1) is 14.5. The lowest BCUT2D eigenvalue weighted by molar-refractivity contribution is 0.103. The fraction of sp³-hybridized carbons (Fsp3) is 0.0714. The zero-order chi connectivity index (χ0) is 14.7. The Hall–Kier alpha value is -1.95. The highest BCUT2D eigenvalue weighted by Gasteiger charge is 2.19. The molecule has 0 aliphatic carbocycles. The molecule has 1 heterocycles. The Morgan fingerprint density at radius 3 is 2.40 bits per heavy atom. The minimum atomic E-state index is -0.881. The lowest BCUT2D eigenvalue weighted by atomic mass is 10.0. The van der Waals surface area contributed by atoms with Gasteiger partial charge in [-0.05, 0) is 46.6 Å². The number of rotatable bonds is 2. The summed E-state index contributed by atoms with van der Waals surface area (Å²) >= 11 is 3.27. The number of carbonyl (C=O) groups excluding carboxylic acids is 1. The van der Waals surface area contributed by atoms with Crippen molar-refractivity contribution in [3.05, 3.63) is 69.5 Å². The zero-order valence-corrected chi connectivity index (χ0v) is 12.1. The van der Waals surface area contributed by atoms with Crippen molar-refractivity contribution >= 4 is 21.7 Å². The van der Waals surface area contributed by atoms with Crippen LogP contribution in [0.1, 0.15) is 21.5 Å². The molecule has 104 valence electrons. The van der Waals surface area contributed by atoms with Gasteiger partial charge in [0.1, 0.15) is 11.6 Å². The Balaban J connectivity index is 2.63. The SMILES string of the molecule is Cc1cc(Br)c[nH][nH]cc1C(=O)c1c(F)cccc1F. The van der Waals surface area contributed by atoms with Gasteiger partial charge in [-0.25, -0.2) is 8.78 Å². The Kier molecular flexibility index (Phi) is 4.34. The molecule has 20 heavy (non-hydrogen) atoms. The number of aromatic amines is 2. The number of hydrogen-bond acceptors (Lipinski definition) is 1. The standard InChI is InChI=1S/C14H11BrF2N2O/c1-8-5-9(15)6-18-19-7-10(8)14(20)13-11(16)3-2-4-12(13)17/h2-7,18-19H,1H3. The maximum absolute atomic E-state index is 13.7. The van der Waals surface area contributed by atoms with E-state index in [4.69, 9.17) is 0 Å². The second-order valence-corrected chi connectivity index (χ2v) is 5.04. The van der Waals surface area contributed by atoms with Gasteiger partial charge in [-0.1, -0.05) is 6.07 Å². The highest BCUT2D eigenvalue weighted by molar-refractivity contribution is 9.10. The summed E-state index contributed by atoms with van der Waals surface area (Å²) in [6.45, 7) is 1.69. The minimum absolute atomic E-state index is 0.173. The van der Waals surface area contributed by atoms with Crippen molar-refractivity contribution < 1.29 is 13.6 Å². The monoisotopic (exact) mass is 340 g/mol. The van der Waals surface area contributed by atoms with Crippen LogP contribution in [-0.4, -0.2) is 16.0 Å². The van der Waals surface area contributed by atoms with Gasteiger partial charge in [0, 0.05) is 22.4 Å². The van der Waals surface area contributed by atoms with Crippen LogP contribution in [0.15, 0.2) is 41.1 Å². The van der Waals surface area contributed by atoms with Gasteiger partial charge in [0.2, 0.25) is 5.78 Å². The van der Waals surface area contributed by atoms with Crippen molar-refractivity contribution in [1.82, 2.24) is 10.2 Å². The van der Waals surface area contributed by atoms with Gasteiger partial charge >= 0.3 is 0 Å². The van der Waals surface area contributed by atoms with Crippen LogP contribution in [0.5, 0.6) is 0 Å². The molecule has 0 radical (unpaired) electrons. The first-order chi connectivity index (χ1) is 9.50. The molecule has 0 atom stereocenters. The second kappa shape index (κ2) is 6.00. The van der Waals surface area contributed by atoms with Gasteiger partial charge in [0.15, 0.2) is 0 Å². The van der Waals surface area contributed by atoms with Gasteiger partial charge in [0.25, 0.3) is 0 Å². The number of carbonyl (C=O) groups is 1. The molecular weight excluding hydrogens is 330 g/mol. The zero-order valence-electron chi connectivity index (χ0n) is 10.5. The van der Waals surface area contributed by atoms with Crippen molar-refractivity contribution in [3.63, 3.8) is 0 Å². The van der Waals surface area contributed by atoms with Crippen LogP contribution in [0.4, 0.5) is 8.78 Å². The van der Waals surface area contributed by atoms with E-state index in [-0.39, 0.29) is 5.56 Å². The smallest absolute Gasteiger partial charge is 0.200 e. The van der Waals surface area contributed by atoms with E-state index in [9.17, 15) is 13.6 Å². The third-order valence-corrected chi connectivity index (χ3v) is 3.18. The molecule has 0 aliphatic rings. The summed E-state index contributed by atoms with van der Waals surface area (Å²) in [6, 6.07) is 5.01. The van der Waals surface area contributed by atoms with Crippen LogP contribution in [0, 0.1) is 18.6 Å². The van der Waals surface area contributed by atoms with E-state index < -0.39 is 23.0 Å². The average molecular weight is 341 g/mol. The molecule has 2 rings (SSSR count). The minimum Gasteiger partial charge on any atom is -0.308 e. The number of ketones is 1. The number of aromatic nitrogens is 2. The Labute approximate surface area is 122 Å². The summed E-state index contributed by atoms with van der Waals surface area (Å²) in [7, 11) is 0. The molecule has 6 heteroatoms. The van der Waals surface area contributed by atoms with Crippen LogP contribution in [-0.2, 0) is 0 Å². The number of hydrogen-bond donors (Lipinski definition) is 2. The summed E-state index contributed by atoms with van der Waals surface area (Å²) in [5.74, 6) is -2.48. The molecule has 2 N–H and O–H groups in total. The lowest BCUT2D eigenvalue weighted by Crippen LogP contribution is -2.09. The molecule has 0 bridgehead atoms. The molecule has 0 aliphatic heterocycles. The largest absolute Gasteiger partial charge is 0.308 e. The van der Waals surface area contributed by atoms with Crippen LogP contribution >= 0.6 is 15.9 Å². The molecule has 2 aromatic rings. The number of halogens is 3.